The minimum absolute atomic E-state index is 0.0722. The number of carbonyl (C=O) groups excluding carboxylic acids is 3. The maximum Gasteiger partial charge on any atom is 0.281 e. The van der Waals surface area contributed by atoms with Crippen LogP contribution < -0.4 is 29.1 Å². The van der Waals surface area contributed by atoms with Crippen LogP contribution in [0.5, 0.6) is 5.88 Å². The number of hydrogen-bond acceptors (Lipinski definition) is 20. The molecule has 2 saturated carbocycles. The van der Waals surface area contributed by atoms with Gasteiger partial charge in [-0.25, -0.2) is 50.3 Å². The van der Waals surface area contributed by atoms with Crippen molar-refractivity contribution in [2.75, 3.05) is 57.3 Å². The second-order valence-corrected chi connectivity index (χ2v) is 36.9. The highest BCUT2D eigenvalue weighted by atomic mass is 32.2. The molecule has 10 heterocycles. The molecule has 5 unspecified atom stereocenters. The van der Waals surface area contributed by atoms with E-state index in [4.69, 9.17) is 9.72 Å². The van der Waals surface area contributed by atoms with E-state index in [1.165, 1.54) is 79.3 Å². The number of aryl methyl sites for hydroxylation is 1. The van der Waals surface area contributed by atoms with Crippen LogP contribution in [0.1, 0.15) is 172 Å². The summed E-state index contributed by atoms with van der Waals surface area (Å²) in [6.07, 6.45) is 13.6. The van der Waals surface area contributed by atoms with E-state index in [0.29, 0.717) is 82.8 Å². The Morgan fingerprint density at radius 2 is 1.15 bits per heavy atom. The highest BCUT2D eigenvalue weighted by Crippen LogP contribution is 2.53. The highest BCUT2D eigenvalue weighted by Gasteiger charge is 2.45. The lowest BCUT2D eigenvalue weighted by Crippen LogP contribution is -2.41. The summed E-state index contributed by atoms with van der Waals surface area (Å²) in [4.78, 5) is 75.0. The van der Waals surface area contributed by atoms with Crippen molar-refractivity contribution in [3.63, 3.8) is 0 Å². The van der Waals surface area contributed by atoms with Crippen molar-refractivity contribution in [2.24, 2.45) is 29.6 Å². The average molecular weight is 1500 g/mol. The first kappa shape index (κ1) is 76.5. The molecule has 8 aromatic rings. The molecule has 6 aromatic heterocycles. The molecule has 14 rings (SSSR count). The summed E-state index contributed by atoms with van der Waals surface area (Å²) >= 11 is 0. The third kappa shape index (κ3) is 17.0. The van der Waals surface area contributed by atoms with Crippen LogP contribution in [0.2, 0.25) is 0 Å². The molecule has 0 radical (unpaired) electrons. The Labute approximate surface area is 621 Å². The van der Waals surface area contributed by atoms with Crippen LogP contribution in [0.25, 0.3) is 0 Å². The number of fused-ring (bicyclic) bond motifs is 3. The van der Waals surface area contributed by atoms with Crippen molar-refractivity contribution >= 4 is 70.4 Å². The van der Waals surface area contributed by atoms with E-state index in [9.17, 15) is 48.4 Å². The summed E-state index contributed by atoms with van der Waals surface area (Å²) in [6, 6.07) is 33.7. The number of rotatable bonds is 19. The molecule has 106 heavy (non-hydrogen) atoms. The number of hydrogen-bond donors (Lipinski definition) is 1. The SMILES string of the molecule is CC1CN(c2ncccc2C(=O)CS(=O)(=O)c2cccc(N3CCc4ccccc4C3)n2)C(C)(C)C1.CC1CN(c2ncccc2C(=O)NS(=O)(=O)c2cccc(OCc3ccc(F)cc3F)n2)C(C)(C)C1.Cc1ncccc1S(=O)(=O)CC(=O)c1ccc(C2CC3CCC2C3)nc1N1C[C@@H](C)CC1(C)C. The van der Waals surface area contributed by atoms with E-state index in [-0.39, 0.29) is 50.2 Å². The number of Topliss-reactive ketones (excluding diaryl/α,β-unsaturated/α-hetero) is 2. The second-order valence-electron chi connectivity index (χ2n) is 31.3. The zero-order valence-electron chi connectivity index (χ0n) is 61.7. The van der Waals surface area contributed by atoms with Gasteiger partial charge in [-0.2, -0.15) is 13.4 Å². The molecule has 1 amide bonds. The number of halogens is 2. The summed E-state index contributed by atoms with van der Waals surface area (Å²) < 4.78 is 113. The zero-order chi connectivity index (χ0) is 75.8. The van der Waals surface area contributed by atoms with Gasteiger partial charge >= 0.3 is 0 Å². The van der Waals surface area contributed by atoms with Crippen LogP contribution in [0.3, 0.4) is 0 Å². The number of anilines is 4. The molecule has 560 valence electrons. The zero-order valence-corrected chi connectivity index (χ0v) is 64.1. The number of benzene rings is 2. The minimum Gasteiger partial charge on any atom is -0.473 e. The molecule has 21 nitrogen and oxygen atoms in total. The van der Waals surface area contributed by atoms with Gasteiger partial charge in [0.15, 0.2) is 31.5 Å². The topological polar surface area (TPSA) is 265 Å². The Bertz CT molecular complexity index is 5010. The molecule has 3 saturated heterocycles. The number of carbonyl (C=O) groups is 3. The molecule has 2 bridgehead atoms. The summed E-state index contributed by atoms with van der Waals surface area (Å²) in [6.45, 7) is 24.3. The number of amides is 1. The maximum atomic E-state index is 13.8. The standard InChI is InChI=1S/C28H32N4O3S.C27H35N3O3S.C25H26F2N4O4S/c1-20-16-28(2,3)32(17-20)27-23(10-7-14-29-27)24(33)19-36(34,35)26-12-6-11-25(30-26)31-15-13-21-8-4-5-9-22(21)18-31;1-17-14-27(3,4)30(15-17)26-21(9-10-23(29-26)22-13-19-7-8-20(22)12-19)24(31)16-34(32,33)25-6-5-11-28-18(25)2;1-16-13-25(2,3)31(14-16)23-19(6-5-11-28-23)24(32)30-36(33,34)22-8-4-7-21(29-22)35-15-17-9-10-18(26)12-20(17)27/h4-12,14,20H,13,15-19H2,1-3H3;5-6,9-11,17,19-20,22H,7-8,12-16H2,1-4H3;4-12,16H,13-15H2,1-3H3,(H,30,32)/t;17-,19?,20?,22?;/m.0./s1. The smallest absolute Gasteiger partial charge is 0.281 e. The molecule has 26 heteroatoms. The fraction of sp³-hybridized carbons (Fsp3) is 0.438. The van der Waals surface area contributed by atoms with Crippen molar-refractivity contribution in [2.45, 2.75) is 171 Å². The van der Waals surface area contributed by atoms with Gasteiger partial charge in [0.25, 0.3) is 15.9 Å². The predicted molar refractivity (Wildman–Crippen MR) is 403 cm³/mol. The van der Waals surface area contributed by atoms with Crippen molar-refractivity contribution < 1.29 is 53.2 Å². The Balaban J connectivity index is 0.000000149. The molecule has 0 spiro atoms. The molecule has 2 aromatic carbocycles. The first-order valence-corrected chi connectivity index (χ1v) is 41.0. The van der Waals surface area contributed by atoms with Crippen LogP contribution in [0.15, 0.2) is 161 Å². The Hall–Kier alpha value is -9.14. The lowest BCUT2D eigenvalue weighted by molar-refractivity contribution is 0.0978. The highest BCUT2D eigenvalue weighted by molar-refractivity contribution is 7.92. The molecule has 5 fully saturated rings. The van der Waals surface area contributed by atoms with Crippen molar-refractivity contribution in [3.8, 4) is 5.88 Å². The molecule has 6 aliphatic rings. The van der Waals surface area contributed by atoms with Gasteiger partial charge in [0.05, 0.1) is 27.3 Å². The van der Waals surface area contributed by atoms with Crippen LogP contribution in [0, 0.1) is 48.1 Å². The number of nitrogens with zero attached hydrogens (tertiary/aromatic N) is 10. The summed E-state index contributed by atoms with van der Waals surface area (Å²) in [5.74, 6) is 0.943. The largest absolute Gasteiger partial charge is 0.473 e. The fourth-order valence-electron chi connectivity index (χ4n) is 16.7. The van der Waals surface area contributed by atoms with Crippen LogP contribution in [-0.2, 0) is 49.3 Å². The van der Waals surface area contributed by atoms with Gasteiger partial charge < -0.3 is 24.3 Å². The van der Waals surface area contributed by atoms with Crippen LogP contribution in [0.4, 0.5) is 32.1 Å². The van der Waals surface area contributed by atoms with Gasteiger partial charge in [-0.1, -0.05) is 63.6 Å². The van der Waals surface area contributed by atoms with E-state index >= 15 is 0 Å². The summed E-state index contributed by atoms with van der Waals surface area (Å²) in [5, 5.41) is -0.527. The third-order valence-corrected chi connectivity index (χ3v) is 25.9. The normalized spacial score (nSPS) is 21.3. The monoisotopic (exact) mass is 1500 g/mol. The molecular weight excluding hydrogens is 1410 g/mol. The lowest BCUT2D eigenvalue weighted by atomic mass is 9.86. The number of sulfonamides is 1. The van der Waals surface area contributed by atoms with Crippen LogP contribution >= 0.6 is 0 Å². The van der Waals surface area contributed by atoms with Gasteiger partial charge in [0, 0.05) is 97.2 Å². The number of ketones is 2. The maximum absolute atomic E-state index is 13.8. The number of nitrogens with one attached hydrogen (secondary N) is 1. The Morgan fingerprint density at radius 1 is 0.575 bits per heavy atom. The quantitative estimate of drug-likeness (QED) is 0.0737. The predicted octanol–water partition coefficient (Wildman–Crippen LogP) is 13.4. The Kier molecular flexibility index (Phi) is 22.1. The van der Waals surface area contributed by atoms with Crippen molar-refractivity contribution in [1.29, 1.82) is 0 Å². The van der Waals surface area contributed by atoms with E-state index in [1.807, 2.05) is 35.2 Å². The van der Waals surface area contributed by atoms with E-state index in [0.717, 1.165) is 69.1 Å². The summed E-state index contributed by atoms with van der Waals surface area (Å²) in [5.41, 5.74) is 4.41. The van der Waals surface area contributed by atoms with Gasteiger partial charge in [-0.3, -0.25) is 19.4 Å². The first-order valence-electron chi connectivity index (χ1n) is 36.2. The van der Waals surface area contributed by atoms with Gasteiger partial charge in [-0.05, 0) is 213 Å². The first-order chi connectivity index (χ1) is 50.1. The summed E-state index contributed by atoms with van der Waals surface area (Å²) in [7, 11) is -12.1. The van der Waals surface area contributed by atoms with Crippen molar-refractivity contribution in [3.05, 3.63) is 202 Å². The number of ether oxygens (including phenoxy) is 1. The number of aromatic nitrogens is 6. The molecular formula is C80H93F2N11O10S3. The number of sulfone groups is 2. The van der Waals surface area contributed by atoms with E-state index < -0.39 is 75.3 Å². The molecule has 1 N–H and O–H groups in total. The van der Waals surface area contributed by atoms with Gasteiger partial charge in [0.2, 0.25) is 15.7 Å². The van der Waals surface area contributed by atoms with Gasteiger partial charge in [0.1, 0.15) is 53.0 Å². The van der Waals surface area contributed by atoms with E-state index in [2.05, 4.69) is 119 Å². The van der Waals surface area contributed by atoms with Crippen LogP contribution in [-0.4, -0.2) is 127 Å². The fourth-order valence-corrected chi connectivity index (χ4v) is 20.3. The molecule has 6 atom stereocenters. The Morgan fingerprint density at radius 3 is 1.75 bits per heavy atom. The van der Waals surface area contributed by atoms with E-state index in [1.54, 1.807) is 55.8 Å². The number of pyridine rings is 6. The second kappa shape index (κ2) is 30.6. The molecule has 2 aliphatic carbocycles. The average Bonchev–Trinajstić information content (AvgIpc) is 1.56. The molecule has 4 aliphatic heterocycles. The van der Waals surface area contributed by atoms with Gasteiger partial charge in [-0.15, -0.1) is 0 Å². The minimum atomic E-state index is -4.37. The third-order valence-electron chi connectivity index (χ3n) is 21.4. The lowest BCUT2D eigenvalue weighted by Gasteiger charge is -2.34. The van der Waals surface area contributed by atoms with Crippen molar-refractivity contribution in [1.82, 2.24) is 34.6 Å².